The lowest BCUT2D eigenvalue weighted by Crippen LogP contribution is -2.13. The first-order valence-corrected chi connectivity index (χ1v) is 8.77. The number of benzene rings is 2. The number of anilines is 2. The van der Waals surface area contributed by atoms with Crippen molar-refractivity contribution in [2.75, 3.05) is 10.6 Å². The lowest BCUT2D eigenvalue weighted by Gasteiger charge is -2.09. The Kier molecular flexibility index (Phi) is 6.01. The van der Waals surface area contributed by atoms with Gasteiger partial charge < -0.3 is 19.9 Å². The Morgan fingerprint density at radius 3 is 2.43 bits per heavy atom. The van der Waals surface area contributed by atoms with Gasteiger partial charge in [0.25, 0.3) is 5.91 Å². The Balaban J connectivity index is 1.58. The molecule has 0 fully saturated rings. The molecular formula is C20H20N4O4. The van der Waals surface area contributed by atoms with Gasteiger partial charge in [0.05, 0.1) is 0 Å². The van der Waals surface area contributed by atoms with Gasteiger partial charge in [-0.15, -0.1) is 0 Å². The molecule has 0 saturated heterocycles. The normalized spacial score (nSPS) is 10.4. The van der Waals surface area contributed by atoms with E-state index in [9.17, 15) is 9.59 Å². The molecule has 144 valence electrons. The Hall–Kier alpha value is -3.68. The van der Waals surface area contributed by atoms with Crippen molar-refractivity contribution >= 4 is 23.2 Å². The van der Waals surface area contributed by atoms with Crippen molar-refractivity contribution in [2.24, 2.45) is 0 Å². The van der Waals surface area contributed by atoms with Gasteiger partial charge in [-0.3, -0.25) is 9.59 Å². The Morgan fingerprint density at radius 1 is 1.07 bits per heavy atom. The zero-order valence-corrected chi connectivity index (χ0v) is 15.6. The van der Waals surface area contributed by atoms with Crippen molar-refractivity contribution in [3.05, 3.63) is 65.8 Å². The first-order valence-electron chi connectivity index (χ1n) is 8.77. The summed E-state index contributed by atoms with van der Waals surface area (Å²) in [5.41, 5.74) is 1.70. The van der Waals surface area contributed by atoms with Crippen LogP contribution in [0.4, 0.5) is 11.4 Å². The maximum Gasteiger partial charge on any atom is 0.255 e. The van der Waals surface area contributed by atoms with Crippen LogP contribution in [0.2, 0.25) is 0 Å². The van der Waals surface area contributed by atoms with Crippen molar-refractivity contribution < 1.29 is 18.8 Å². The number of amides is 2. The predicted octanol–water partition coefficient (Wildman–Crippen LogP) is 3.56. The van der Waals surface area contributed by atoms with E-state index in [1.165, 1.54) is 0 Å². The maximum atomic E-state index is 12.4. The predicted molar refractivity (Wildman–Crippen MR) is 103 cm³/mol. The largest absolute Gasteiger partial charge is 0.485 e. The summed E-state index contributed by atoms with van der Waals surface area (Å²) in [6.07, 6.45) is 0.386. The second-order valence-electron chi connectivity index (χ2n) is 5.98. The first-order chi connectivity index (χ1) is 13.5. The van der Waals surface area contributed by atoms with Crippen molar-refractivity contribution in [3.63, 3.8) is 0 Å². The third kappa shape index (κ3) is 5.16. The second-order valence-corrected chi connectivity index (χ2v) is 5.98. The highest BCUT2D eigenvalue weighted by atomic mass is 16.5. The minimum atomic E-state index is -0.265. The molecule has 3 aromatic rings. The van der Waals surface area contributed by atoms with Crippen LogP contribution in [-0.4, -0.2) is 22.0 Å². The molecule has 8 heteroatoms. The van der Waals surface area contributed by atoms with Crippen molar-refractivity contribution in [3.8, 4) is 5.75 Å². The highest BCUT2D eigenvalue weighted by Gasteiger charge is 2.08. The number of rotatable bonds is 7. The fourth-order valence-corrected chi connectivity index (χ4v) is 2.38. The average Bonchev–Trinajstić information content (AvgIpc) is 3.12. The monoisotopic (exact) mass is 380 g/mol. The number of ether oxygens (including phenoxy) is 1. The molecule has 0 atom stereocenters. The van der Waals surface area contributed by atoms with Gasteiger partial charge in [-0.1, -0.05) is 18.1 Å². The Morgan fingerprint density at radius 2 is 1.79 bits per heavy atom. The number of aromatic nitrogens is 2. The third-order valence-corrected chi connectivity index (χ3v) is 3.78. The first kappa shape index (κ1) is 19.1. The van der Waals surface area contributed by atoms with E-state index in [2.05, 4.69) is 20.8 Å². The van der Waals surface area contributed by atoms with E-state index in [4.69, 9.17) is 9.26 Å². The van der Waals surface area contributed by atoms with Crippen LogP contribution in [0.3, 0.4) is 0 Å². The summed E-state index contributed by atoms with van der Waals surface area (Å²) in [4.78, 5) is 28.0. The standard InChI is InChI=1S/C20H20N4O4/c1-3-19(25)22-15-5-4-6-16(11-15)23-20(26)14-7-9-17(10-8-14)27-12-18-21-13(2)28-24-18/h4-11H,3,12H2,1-2H3,(H,22,25)(H,23,26). The van der Waals surface area contributed by atoms with E-state index < -0.39 is 0 Å². The fourth-order valence-electron chi connectivity index (χ4n) is 2.38. The molecule has 0 saturated carbocycles. The van der Waals surface area contributed by atoms with E-state index in [0.29, 0.717) is 40.8 Å². The van der Waals surface area contributed by atoms with Crippen LogP contribution < -0.4 is 15.4 Å². The van der Waals surface area contributed by atoms with E-state index in [1.807, 2.05) is 0 Å². The Labute approximate surface area is 161 Å². The summed E-state index contributed by atoms with van der Waals surface area (Å²) in [7, 11) is 0. The SMILES string of the molecule is CCC(=O)Nc1cccc(NC(=O)c2ccc(OCc3noc(C)n3)cc2)c1. The number of nitrogens with one attached hydrogen (secondary N) is 2. The summed E-state index contributed by atoms with van der Waals surface area (Å²) < 4.78 is 10.4. The number of hydrogen-bond acceptors (Lipinski definition) is 6. The summed E-state index contributed by atoms with van der Waals surface area (Å²) in [6.45, 7) is 3.66. The lowest BCUT2D eigenvalue weighted by molar-refractivity contribution is -0.115. The number of carbonyl (C=O) groups is 2. The van der Waals surface area contributed by atoms with Gasteiger partial charge in [-0.05, 0) is 42.5 Å². The molecule has 0 aliphatic heterocycles. The van der Waals surface area contributed by atoms with E-state index in [0.717, 1.165) is 0 Å². The molecule has 2 aromatic carbocycles. The molecular weight excluding hydrogens is 360 g/mol. The van der Waals surface area contributed by atoms with Crippen LogP contribution in [0.15, 0.2) is 53.1 Å². The van der Waals surface area contributed by atoms with Crippen molar-refractivity contribution in [1.82, 2.24) is 10.1 Å². The molecule has 0 radical (unpaired) electrons. The van der Waals surface area contributed by atoms with Crippen molar-refractivity contribution in [1.29, 1.82) is 0 Å². The van der Waals surface area contributed by atoms with Crippen LogP contribution in [0.25, 0.3) is 0 Å². The van der Waals surface area contributed by atoms with Gasteiger partial charge in [-0.2, -0.15) is 4.98 Å². The summed E-state index contributed by atoms with van der Waals surface area (Å²) in [5.74, 6) is 1.16. The summed E-state index contributed by atoms with van der Waals surface area (Å²) in [5, 5.41) is 9.32. The maximum absolute atomic E-state index is 12.4. The topological polar surface area (TPSA) is 106 Å². The Bertz CT molecular complexity index is 966. The van der Waals surface area contributed by atoms with Gasteiger partial charge in [0, 0.05) is 30.3 Å². The second kappa shape index (κ2) is 8.81. The number of carbonyl (C=O) groups excluding carboxylic acids is 2. The van der Waals surface area contributed by atoms with Crippen LogP contribution in [0.5, 0.6) is 5.75 Å². The summed E-state index contributed by atoms with van der Waals surface area (Å²) in [6, 6.07) is 13.7. The molecule has 0 aliphatic rings. The summed E-state index contributed by atoms with van der Waals surface area (Å²) >= 11 is 0. The molecule has 0 unspecified atom stereocenters. The molecule has 1 heterocycles. The van der Waals surface area contributed by atoms with Gasteiger partial charge in [0.1, 0.15) is 5.75 Å². The smallest absolute Gasteiger partial charge is 0.255 e. The average molecular weight is 380 g/mol. The lowest BCUT2D eigenvalue weighted by atomic mass is 10.2. The zero-order valence-electron chi connectivity index (χ0n) is 15.6. The van der Waals surface area contributed by atoms with Gasteiger partial charge >= 0.3 is 0 Å². The van der Waals surface area contributed by atoms with Gasteiger partial charge in [0.15, 0.2) is 6.61 Å². The van der Waals surface area contributed by atoms with Crippen LogP contribution in [0.1, 0.15) is 35.4 Å². The highest BCUT2D eigenvalue weighted by Crippen LogP contribution is 2.18. The molecule has 28 heavy (non-hydrogen) atoms. The zero-order chi connectivity index (χ0) is 19.9. The molecule has 2 N–H and O–H groups in total. The molecule has 0 bridgehead atoms. The van der Waals surface area contributed by atoms with Crippen LogP contribution in [0, 0.1) is 6.92 Å². The van der Waals surface area contributed by atoms with Gasteiger partial charge in [0.2, 0.25) is 17.6 Å². The minimum absolute atomic E-state index is 0.0879. The fraction of sp³-hybridized carbons (Fsp3) is 0.200. The molecule has 3 rings (SSSR count). The van der Waals surface area contributed by atoms with Crippen LogP contribution >= 0.6 is 0 Å². The number of aryl methyl sites for hydroxylation is 1. The molecule has 2 amide bonds. The van der Waals surface area contributed by atoms with Crippen LogP contribution in [-0.2, 0) is 11.4 Å². The van der Waals surface area contributed by atoms with Gasteiger partial charge in [-0.25, -0.2) is 0 Å². The molecule has 0 aliphatic carbocycles. The van der Waals surface area contributed by atoms with E-state index in [1.54, 1.807) is 62.4 Å². The number of nitrogens with zero attached hydrogens (tertiary/aromatic N) is 2. The highest BCUT2D eigenvalue weighted by molar-refractivity contribution is 6.04. The van der Waals surface area contributed by atoms with E-state index >= 15 is 0 Å². The van der Waals surface area contributed by atoms with E-state index in [-0.39, 0.29) is 18.4 Å². The molecule has 0 spiro atoms. The molecule has 8 nitrogen and oxygen atoms in total. The minimum Gasteiger partial charge on any atom is -0.485 e. The molecule has 1 aromatic heterocycles. The third-order valence-electron chi connectivity index (χ3n) is 3.78. The quantitative estimate of drug-likeness (QED) is 0.649. The van der Waals surface area contributed by atoms with Crippen molar-refractivity contribution in [2.45, 2.75) is 26.9 Å². The number of hydrogen-bond donors (Lipinski definition) is 2.